The van der Waals surface area contributed by atoms with Crippen LogP contribution in [0.2, 0.25) is 0 Å². The van der Waals surface area contributed by atoms with Gasteiger partial charge in [-0.25, -0.2) is 0 Å². The molecule has 3 heterocycles. The maximum atomic E-state index is 2.66. The lowest BCUT2D eigenvalue weighted by molar-refractivity contribution is 0.588. The van der Waals surface area contributed by atoms with E-state index in [1.165, 1.54) is 94.2 Å². The zero-order chi connectivity index (χ0) is 35.4. The van der Waals surface area contributed by atoms with E-state index in [4.69, 9.17) is 0 Å². The molecule has 0 aliphatic carbocycles. The topological polar surface area (TPSA) is 3.24 Å². The van der Waals surface area contributed by atoms with Crippen LogP contribution < -0.4 is 4.90 Å². The molecule has 0 fully saturated rings. The van der Waals surface area contributed by atoms with Gasteiger partial charge in [-0.3, -0.25) is 0 Å². The highest BCUT2D eigenvalue weighted by molar-refractivity contribution is 7.99. The van der Waals surface area contributed by atoms with Gasteiger partial charge in [0.05, 0.1) is 21.8 Å². The maximum absolute atomic E-state index is 2.66. The largest absolute Gasteiger partial charge is 0.309 e. The maximum Gasteiger partial charge on any atom is 0.0667 e. The Morgan fingerprint density at radius 1 is 0.412 bits per heavy atom. The van der Waals surface area contributed by atoms with E-state index < -0.39 is 0 Å². The van der Waals surface area contributed by atoms with Gasteiger partial charge in [0, 0.05) is 10.8 Å². The second-order valence-electron chi connectivity index (χ2n) is 15.4. The Bertz CT molecular complexity index is 2560. The summed E-state index contributed by atoms with van der Waals surface area (Å²) in [6, 6.07) is 48.4. The standard InChI is InChI=1S/C47H39NS.C2H6/c1-45(2)36-14-10-15-37-42(36)48-43-38(45)16-11-17-39(43)47(5,49-6)41-27-33(26-40(44(41)48)46(37,3)4)30-21-23-35-32(25-30)19-18-31-24-29(20-22-34(31)35)28-12-8-7-9-13-28;1-2/h7-27H,1-6H3;1-2H3. The lowest BCUT2D eigenvalue weighted by Crippen LogP contribution is -2.43. The van der Waals surface area contributed by atoms with Crippen molar-refractivity contribution in [3.05, 3.63) is 161 Å². The van der Waals surface area contributed by atoms with Crippen LogP contribution in [0.3, 0.4) is 0 Å². The summed E-state index contributed by atoms with van der Waals surface area (Å²) in [5, 5.41) is 5.15. The fourth-order valence-electron chi connectivity index (χ4n) is 9.40. The first-order valence-corrected chi connectivity index (χ1v) is 19.7. The van der Waals surface area contributed by atoms with E-state index in [1.54, 1.807) is 0 Å². The van der Waals surface area contributed by atoms with Gasteiger partial charge in [-0.1, -0.05) is 145 Å². The number of anilines is 3. The molecule has 0 bridgehead atoms. The van der Waals surface area contributed by atoms with E-state index in [9.17, 15) is 0 Å². The third-order valence-corrected chi connectivity index (χ3v) is 13.5. The second kappa shape index (κ2) is 11.1. The number of thioether (sulfide) groups is 1. The van der Waals surface area contributed by atoms with Gasteiger partial charge in [-0.2, -0.15) is 0 Å². The molecule has 0 saturated carbocycles. The van der Waals surface area contributed by atoms with Crippen LogP contribution in [0.25, 0.3) is 43.8 Å². The van der Waals surface area contributed by atoms with Gasteiger partial charge in [0.15, 0.2) is 0 Å². The molecular weight excluding hydrogens is 635 g/mol. The summed E-state index contributed by atoms with van der Waals surface area (Å²) in [6.45, 7) is 16.2. The van der Waals surface area contributed by atoms with Crippen LogP contribution in [-0.4, -0.2) is 6.26 Å². The molecule has 0 spiro atoms. The minimum atomic E-state index is -0.193. The molecule has 0 aromatic heterocycles. The minimum Gasteiger partial charge on any atom is -0.309 e. The predicted octanol–water partition coefficient (Wildman–Crippen LogP) is 14.0. The minimum absolute atomic E-state index is 0.0874. The van der Waals surface area contributed by atoms with Crippen LogP contribution in [0.5, 0.6) is 0 Å². The van der Waals surface area contributed by atoms with Crippen LogP contribution in [0.1, 0.15) is 81.8 Å². The Kier molecular flexibility index (Phi) is 7.00. The van der Waals surface area contributed by atoms with Gasteiger partial charge in [0.25, 0.3) is 0 Å². The van der Waals surface area contributed by atoms with Gasteiger partial charge < -0.3 is 4.90 Å². The zero-order valence-electron chi connectivity index (χ0n) is 31.0. The number of nitrogens with zero attached hydrogens (tertiary/aromatic N) is 1. The Morgan fingerprint density at radius 3 is 1.45 bits per heavy atom. The highest BCUT2D eigenvalue weighted by Crippen LogP contribution is 2.67. The van der Waals surface area contributed by atoms with Crippen molar-refractivity contribution in [3.63, 3.8) is 0 Å². The number of benzene rings is 7. The van der Waals surface area contributed by atoms with Crippen molar-refractivity contribution in [1.29, 1.82) is 0 Å². The summed E-state index contributed by atoms with van der Waals surface area (Å²) in [5.74, 6) is 0. The lowest BCUT2D eigenvalue weighted by Gasteiger charge is -2.55. The number of hydrogen-bond acceptors (Lipinski definition) is 2. The van der Waals surface area contributed by atoms with Crippen molar-refractivity contribution in [2.45, 2.75) is 64.0 Å². The molecule has 1 unspecified atom stereocenters. The first-order valence-electron chi connectivity index (χ1n) is 18.5. The average Bonchev–Trinajstić information content (AvgIpc) is 3.17. The number of hydrogen-bond donors (Lipinski definition) is 0. The molecule has 7 aromatic carbocycles. The molecule has 51 heavy (non-hydrogen) atoms. The van der Waals surface area contributed by atoms with Crippen molar-refractivity contribution in [3.8, 4) is 22.3 Å². The summed E-state index contributed by atoms with van der Waals surface area (Å²) in [5.41, 5.74) is 17.5. The molecule has 0 N–H and O–H groups in total. The van der Waals surface area contributed by atoms with Crippen LogP contribution >= 0.6 is 11.8 Å². The van der Waals surface area contributed by atoms with Gasteiger partial charge >= 0.3 is 0 Å². The number of para-hydroxylation sites is 2. The molecule has 0 saturated heterocycles. The van der Waals surface area contributed by atoms with E-state index in [1.807, 2.05) is 25.6 Å². The molecule has 10 rings (SSSR count). The first-order chi connectivity index (χ1) is 24.6. The quantitative estimate of drug-likeness (QED) is 0.171. The Morgan fingerprint density at radius 2 is 0.882 bits per heavy atom. The fourth-order valence-corrected chi connectivity index (χ4v) is 10.2. The van der Waals surface area contributed by atoms with Gasteiger partial charge in [0.1, 0.15) is 0 Å². The Balaban J connectivity index is 0.00000171. The van der Waals surface area contributed by atoms with Crippen molar-refractivity contribution in [2.75, 3.05) is 11.2 Å². The molecule has 0 amide bonds. The van der Waals surface area contributed by atoms with Crippen LogP contribution in [0.15, 0.2) is 127 Å². The van der Waals surface area contributed by atoms with Crippen molar-refractivity contribution >= 4 is 50.4 Å². The monoisotopic (exact) mass is 679 g/mol. The van der Waals surface area contributed by atoms with Crippen molar-refractivity contribution in [1.82, 2.24) is 0 Å². The molecule has 0 radical (unpaired) electrons. The second-order valence-corrected chi connectivity index (χ2v) is 16.7. The van der Waals surface area contributed by atoms with E-state index in [0.29, 0.717) is 0 Å². The van der Waals surface area contributed by atoms with Gasteiger partial charge in [0.2, 0.25) is 0 Å². The molecule has 3 aliphatic rings. The number of rotatable bonds is 3. The summed E-state index contributed by atoms with van der Waals surface area (Å²) < 4.78 is -0.193. The van der Waals surface area contributed by atoms with Crippen molar-refractivity contribution < 1.29 is 0 Å². The molecule has 2 heteroatoms. The average molecular weight is 680 g/mol. The zero-order valence-corrected chi connectivity index (χ0v) is 31.8. The van der Waals surface area contributed by atoms with E-state index in [2.05, 4.69) is 173 Å². The molecule has 1 atom stereocenters. The predicted molar refractivity (Wildman–Crippen MR) is 223 cm³/mol. The molecule has 252 valence electrons. The van der Waals surface area contributed by atoms with Crippen LogP contribution in [0, 0.1) is 0 Å². The SMILES string of the molecule is CC.CSC1(C)c2cccc3c2N2c4c(cccc4C(C)(C)c4cc(-c5ccc6c(ccc7cc(-c8ccccc8)ccc76)c5)cc1c42)C3(C)C. The first kappa shape index (κ1) is 32.1. The molecule has 3 aliphatic heterocycles. The number of fused-ring (bicyclic) bond motifs is 3. The smallest absolute Gasteiger partial charge is 0.0667 e. The van der Waals surface area contributed by atoms with Crippen LogP contribution in [-0.2, 0) is 15.6 Å². The van der Waals surface area contributed by atoms with E-state index in [0.717, 1.165) is 0 Å². The normalized spacial score (nSPS) is 18.2. The van der Waals surface area contributed by atoms with E-state index in [-0.39, 0.29) is 15.6 Å². The molecular formula is C49H45NS. The Hall–Kier alpha value is -4.79. The van der Waals surface area contributed by atoms with Crippen molar-refractivity contribution in [2.24, 2.45) is 0 Å². The summed E-state index contributed by atoms with van der Waals surface area (Å²) in [7, 11) is 0. The van der Waals surface area contributed by atoms with Gasteiger partial charge in [-0.15, -0.1) is 11.8 Å². The summed E-state index contributed by atoms with van der Waals surface area (Å²) in [4.78, 5) is 2.66. The summed E-state index contributed by atoms with van der Waals surface area (Å²) in [6.07, 6.45) is 2.29. The third kappa shape index (κ3) is 4.23. The lowest BCUT2D eigenvalue weighted by atomic mass is 9.63. The van der Waals surface area contributed by atoms with Crippen LogP contribution in [0.4, 0.5) is 17.1 Å². The highest BCUT2D eigenvalue weighted by atomic mass is 32.2. The molecule has 7 aromatic rings. The highest BCUT2D eigenvalue weighted by Gasteiger charge is 2.52. The van der Waals surface area contributed by atoms with Gasteiger partial charge in [-0.05, 0) is 115 Å². The fraction of sp³-hybridized carbons (Fsp3) is 0.224. The Labute approximate surface area is 307 Å². The third-order valence-electron chi connectivity index (χ3n) is 12.3. The summed E-state index contributed by atoms with van der Waals surface area (Å²) >= 11 is 1.97. The van der Waals surface area contributed by atoms with E-state index >= 15 is 0 Å². The molecule has 1 nitrogen and oxygen atoms in total.